The Kier molecular flexibility index (Phi) is 6.80. The van der Waals surface area contributed by atoms with Crippen LogP contribution >= 0.6 is 0 Å². The smallest absolute Gasteiger partial charge is 0.315 e. The predicted octanol–water partition coefficient (Wildman–Crippen LogP) is 1.73. The van der Waals surface area contributed by atoms with Gasteiger partial charge in [-0.25, -0.2) is 4.79 Å². The van der Waals surface area contributed by atoms with Crippen molar-refractivity contribution < 1.29 is 14.7 Å². The van der Waals surface area contributed by atoms with Crippen LogP contribution < -0.4 is 10.6 Å². The molecule has 1 rings (SSSR count). The van der Waals surface area contributed by atoms with E-state index in [1.165, 1.54) is 0 Å². The quantitative estimate of drug-likeness (QED) is 0.506. The number of urea groups is 1. The van der Waals surface area contributed by atoms with Gasteiger partial charge >= 0.3 is 12.0 Å². The number of carbonyl (C=O) groups is 2. The van der Waals surface area contributed by atoms with Crippen LogP contribution in [0.5, 0.6) is 0 Å². The van der Waals surface area contributed by atoms with Crippen molar-refractivity contribution in [3.63, 3.8) is 0 Å². The molecule has 0 aliphatic heterocycles. The lowest BCUT2D eigenvalue weighted by atomic mass is 9.84. The van der Waals surface area contributed by atoms with E-state index in [2.05, 4.69) is 16.6 Å². The van der Waals surface area contributed by atoms with E-state index >= 15 is 0 Å². The monoisotopic (exact) mass is 266 g/mol. The van der Waals surface area contributed by atoms with Crippen molar-refractivity contribution in [2.75, 3.05) is 6.54 Å². The number of aliphatic carboxylic acids is 1. The molecule has 0 saturated heterocycles. The van der Waals surface area contributed by atoms with Gasteiger partial charge in [0.2, 0.25) is 0 Å². The summed E-state index contributed by atoms with van der Waals surface area (Å²) in [7, 11) is 0. The zero-order valence-corrected chi connectivity index (χ0v) is 11.2. The Morgan fingerprint density at radius 2 is 2.00 bits per heavy atom. The van der Waals surface area contributed by atoms with Gasteiger partial charge in [0.05, 0.1) is 5.92 Å². The molecule has 1 saturated carbocycles. The van der Waals surface area contributed by atoms with Crippen LogP contribution in [-0.2, 0) is 4.79 Å². The Bertz CT molecular complexity index is 349. The van der Waals surface area contributed by atoms with Crippen LogP contribution in [0.4, 0.5) is 4.79 Å². The lowest BCUT2D eigenvalue weighted by Crippen LogP contribution is -2.48. The summed E-state index contributed by atoms with van der Waals surface area (Å²) in [6, 6.07) is -0.532. The van der Waals surface area contributed by atoms with Gasteiger partial charge in [-0.05, 0) is 25.7 Å². The summed E-state index contributed by atoms with van der Waals surface area (Å²) in [5.41, 5.74) is 0. The van der Waals surface area contributed by atoms with Gasteiger partial charge in [-0.1, -0.05) is 12.8 Å². The van der Waals surface area contributed by atoms with Gasteiger partial charge in [0, 0.05) is 19.0 Å². The number of carboxylic acids is 1. The first kappa shape index (κ1) is 15.4. The third-order valence-electron chi connectivity index (χ3n) is 3.43. The molecule has 2 atom stereocenters. The molecule has 5 heteroatoms. The zero-order valence-electron chi connectivity index (χ0n) is 11.2. The van der Waals surface area contributed by atoms with Crippen LogP contribution in [0.25, 0.3) is 0 Å². The van der Waals surface area contributed by atoms with Gasteiger partial charge < -0.3 is 15.7 Å². The molecule has 1 fully saturated rings. The van der Waals surface area contributed by atoms with Crippen LogP contribution in [0.1, 0.15) is 44.9 Å². The topological polar surface area (TPSA) is 78.4 Å². The molecular weight excluding hydrogens is 244 g/mol. The minimum absolute atomic E-state index is 0.253. The summed E-state index contributed by atoms with van der Waals surface area (Å²) < 4.78 is 0. The molecular formula is C14H22N2O3. The van der Waals surface area contributed by atoms with E-state index in [-0.39, 0.29) is 12.1 Å². The molecule has 106 valence electrons. The number of terminal acetylenes is 1. The number of carboxylic acid groups (broad SMARTS) is 1. The number of amides is 2. The van der Waals surface area contributed by atoms with E-state index in [9.17, 15) is 9.59 Å². The first-order valence-electron chi connectivity index (χ1n) is 6.85. The first-order valence-corrected chi connectivity index (χ1v) is 6.85. The Hall–Kier alpha value is -1.70. The number of hydrogen-bond donors (Lipinski definition) is 3. The molecule has 1 aliphatic carbocycles. The molecule has 0 spiro atoms. The Morgan fingerprint density at radius 1 is 1.26 bits per heavy atom. The third kappa shape index (κ3) is 5.64. The van der Waals surface area contributed by atoms with Crippen LogP contribution in [0.3, 0.4) is 0 Å². The lowest BCUT2D eigenvalue weighted by Gasteiger charge is -2.29. The van der Waals surface area contributed by atoms with Gasteiger partial charge in [0.25, 0.3) is 0 Å². The lowest BCUT2D eigenvalue weighted by molar-refractivity contribution is -0.143. The largest absolute Gasteiger partial charge is 0.481 e. The zero-order chi connectivity index (χ0) is 14.1. The van der Waals surface area contributed by atoms with Crippen molar-refractivity contribution in [1.29, 1.82) is 0 Å². The average molecular weight is 266 g/mol. The van der Waals surface area contributed by atoms with Crippen LogP contribution in [0.15, 0.2) is 0 Å². The SMILES string of the molecule is C#CCCCCNC(=O)NC1CCCCC1C(=O)O. The summed E-state index contributed by atoms with van der Waals surface area (Å²) >= 11 is 0. The first-order chi connectivity index (χ1) is 9.15. The van der Waals surface area contributed by atoms with E-state index in [1.54, 1.807) is 0 Å². The summed E-state index contributed by atoms with van der Waals surface area (Å²) in [5.74, 6) is 1.27. The second-order valence-electron chi connectivity index (χ2n) is 4.90. The van der Waals surface area contributed by atoms with Crippen molar-refractivity contribution in [3.8, 4) is 12.3 Å². The van der Waals surface area contributed by atoms with Gasteiger partial charge in [-0.15, -0.1) is 12.3 Å². The minimum Gasteiger partial charge on any atom is -0.481 e. The minimum atomic E-state index is -0.820. The maximum absolute atomic E-state index is 11.7. The normalized spacial score (nSPS) is 22.3. The Labute approximate surface area is 114 Å². The van der Waals surface area contributed by atoms with Gasteiger partial charge in [0.1, 0.15) is 0 Å². The fourth-order valence-corrected chi connectivity index (χ4v) is 2.37. The average Bonchev–Trinajstić information content (AvgIpc) is 2.39. The molecule has 19 heavy (non-hydrogen) atoms. The molecule has 0 heterocycles. The van der Waals surface area contributed by atoms with E-state index in [0.29, 0.717) is 19.4 Å². The van der Waals surface area contributed by atoms with Gasteiger partial charge in [-0.3, -0.25) is 4.79 Å². The van der Waals surface area contributed by atoms with Crippen LogP contribution in [-0.4, -0.2) is 29.7 Å². The highest BCUT2D eigenvalue weighted by Crippen LogP contribution is 2.24. The van der Waals surface area contributed by atoms with Gasteiger partial charge in [-0.2, -0.15) is 0 Å². The second kappa shape index (κ2) is 8.41. The van der Waals surface area contributed by atoms with Crippen molar-refractivity contribution >= 4 is 12.0 Å². The predicted molar refractivity (Wildman–Crippen MR) is 72.6 cm³/mol. The summed E-state index contributed by atoms with van der Waals surface area (Å²) in [6.45, 7) is 0.567. The fourth-order valence-electron chi connectivity index (χ4n) is 2.37. The third-order valence-corrected chi connectivity index (χ3v) is 3.43. The fraction of sp³-hybridized carbons (Fsp3) is 0.714. The standard InChI is InChI=1S/C14H22N2O3/c1-2-3-4-7-10-15-14(19)16-12-9-6-5-8-11(12)13(17)18/h1,11-12H,3-10H2,(H,17,18)(H2,15,16,19). The summed E-state index contributed by atoms with van der Waals surface area (Å²) in [4.78, 5) is 22.7. The van der Waals surface area contributed by atoms with Crippen molar-refractivity contribution in [1.82, 2.24) is 10.6 Å². The molecule has 0 aromatic carbocycles. The van der Waals surface area contributed by atoms with Gasteiger partial charge in [0.15, 0.2) is 0 Å². The molecule has 0 aromatic rings. The highest BCUT2D eigenvalue weighted by atomic mass is 16.4. The van der Waals surface area contributed by atoms with E-state index < -0.39 is 11.9 Å². The Balaban J connectivity index is 2.26. The molecule has 5 nitrogen and oxygen atoms in total. The number of rotatable bonds is 6. The van der Waals surface area contributed by atoms with Crippen molar-refractivity contribution in [2.45, 2.75) is 51.0 Å². The molecule has 2 unspecified atom stereocenters. The van der Waals surface area contributed by atoms with E-state index in [1.807, 2.05) is 0 Å². The maximum Gasteiger partial charge on any atom is 0.315 e. The molecule has 0 aromatic heterocycles. The number of unbranched alkanes of at least 4 members (excludes halogenated alkanes) is 2. The molecule has 2 amide bonds. The number of carbonyl (C=O) groups excluding carboxylic acids is 1. The van der Waals surface area contributed by atoms with E-state index in [0.717, 1.165) is 32.1 Å². The summed E-state index contributed by atoms with van der Waals surface area (Å²) in [6.07, 6.45) is 10.8. The van der Waals surface area contributed by atoms with Crippen molar-refractivity contribution in [2.24, 2.45) is 5.92 Å². The molecule has 3 N–H and O–H groups in total. The van der Waals surface area contributed by atoms with E-state index in [4.69, 9.17) is 11.5 Å². The highest BCUT2D eigenvalue weighted by molar-refractivity contribution is 5.76. The number of hydrogen-bond acceptors (Lipinski definition) is 2. The molecule has 0 bridgehead atoms. The number of nitrogens with one attached hydrogen (secondary N) is 2. The molecule has 0 radical (unpaired) electrons. The highest BCUT2D eigenvalue weighted by Gasteiger charge is 2.31. The van der Waals surface area contributed by atoms with Crippen LogP contribution in [0.2, 0.25) is 0 Å². The maximum atomic E-state index is 11.7. The molecule has 1 aliphatic rings. The van der Waals surface area contributed by atoms with Crippen molar-refractivity contribution in [3.05, 3.63) is 0 Å². The Morgan fingerprint density at radius 3 is 2.68 bits per heavy atom. The van der Waals surface area contributed by atoms with Crippen LogP contribution in [0, 0.1) is 18.3 Å². The second-order valence-corrected chi connectivity index (χ2v) is 4.90. The summed E-state index contributed by atoms with van der Waals surface area (Å²) in [5, 5.41) is 14.6.